The smallest absolute Gasteiger partial charge is 0.321 e. The monoisotopic (exact) mass is 444 g/mol. The van der Waals surface area contributed by atoms with Crippen LogP contribution in [-0.2, 0) is 4.79 Å². The minimum atomic E-state index is -0.371. The van der Waals surface area contributed by atoms with Gasteiger partial charge in [-0.15, -0.1) is 0 Å². The van der Waals surface area contributed by atoms with Crippen LogP contribution in [0.25, 0.3) is 0 Å². The summed E-state index contributed by atoms with van der Waals surface area (Å²) in [5, 5.41) is 3.17. The molecule has 2 aliphatic rings. The van der Waals surface area contributed by atoms with E-state index >= 15 is 0 Å². The number of amides is 4. The van der Waals surface area contributed by atoms with E-state index in [1.165, 1.54) is 24.3 Å². The van der Waals surface area contributed by atoms with Crippen molar-refractivity contribution in [2.45, 2.75) is 12.8 Å². The van der Waals surface area contributed by atoms with Gasteiger partial charge in [0.2, 0.25) is 5.91 Å². The molecule has 2 aromatic carbocycles. The SMILES string of the molecule is O=C(Nc1ccc(F)cc1)N1CCN(C(=O)c2ccc(Cl)c(N3CCCC3=O)c2)CC1. The van der Waals surface area contributed by atoms with Crippen LogP contribution >= 0.6 is 11.6 Å². The number of hydrogen-bond donors (Lipinski definition) is 1. The molecule has 31 heavy (non-hydrogen) atoms. The lowest BCUT2D eigenvalue weighted by atomic mass is 10.1. The summed E-state index contributed by atoms with van der Waals surface area (Å²) in [6, 6.07) is 10.2. The Kier molecular flexibility index (Phi) is 6.08. The van der Waals surface area contributed by atoms with Crippen molar-refractivity contribution in [3.63, 3.8) is 0 Å². The van der Waals surface area contributed by atoms with Crippen LogP contribution in [0.4, 0.5) is 20.6 Å². The van der Waals surface area contributed by atoms with Gasteiger partial charge in [-0.2, -0.15) is 0 Å². The molecular formula is C22H22ClFN4O3. The van der Waals surface area contributed by atoms with Crippen molar-refractivity contribution in [2.24, 2.45) is 0 Å². The Morgan fingerprint density at radius 3 is 2.26 bits per heavy atom. The molecule has 0 aliphatic carbocycles. The van der Waals surface area contributed by atoms with Crippen LogP contribution in [-0.4, -0.2) is 60.4 Å². The van der Waals surface area contributed by atoms with Gasteiger partial charge < -0.3 is 20.0 Å². The maximum atomic E-state index is 13.0. The van der Waals surface area contributed by atoms with E-state index in [0.29, 0.717) is 61.1 Å². The second-order valence-electron chi connectivity index (χ2n) is 7.53. The van der Waals surface area contributed by atoms with Gasteiger partial charge in [-0.3, -0.25) is 9.59 Å². The number of urea groups is 1. The molecular weight excluding hydrogens is 423 g/mol. The maximum Gasteiger partial charge on any atom is 0.321 e. The molecule has 7 nitrogen and oxygen atoms in total. The number of nitrogens with one attached hydrogen (secondary N) is 1. The number of carbonyl (C=O) groups excluding carboxylic acids is 3. The summed E-state index contributed by atoms with van der Waals surface area (Å²) in [4.78, 5) is 42.4. The summed E-state index contributed by atoms with van der Waals surface area (Å²) < 4.78 is 13.0. The third-order valence-electron chi connectivity index (χ3n) is 5.51. The molecule has 0 unspecified atom stereocenters. The van der Waals surface area contributed by atoms with Crippen molar-refractivity contribution in [2.75, 3.05) is 42.9 Å². The van der Waals surface area contributed by atoms with E-state index in [1.807, 2.05) is 0 Å². The van der Waals surface area contributed by atoms with E-state index in [1.54, 1.807) is 32.9 Å². The van der Waals surface area contributed by atoms with E-state index in [9.17, 15) is 18.8 Å². The largest absolute Gasteiger partial charge is 0.335 e. The van der Waals surface area contributed by atoms with Crippen molar-refractivity contribution in [3.8, 4) is 0 Å². The highest BCUT2D eigenvalue weighted by Crippen LogP contribution is 2.31. The van der Waals surface area contributed by atoms with E-state index in [-0.39, 0.29) is 23.7 Å². The number of benzene rings is 2. The first-order chi connectivity index (χ1) is 14.9. The lowest BCUT2D eigenvalue weighted by Crippen LogP contribution is -2.51. The zero-order valence-electron chi connectivity index (χ0n) is 16.8. The fraction of sp³-hybridized carbons (Fsp3) is 0.318. The predicted octanol–water partition coefficient (Wildman–Crippen LogP) is 3.60. The zero-order chi connectivity index (χ0) is 22.0. The first-order valence-corrected chi connectivity index (χ1v) is 10.5. The van der Waals surface area contributed by atoms with Crippen LogP contribution in [0.1, 0.15) is 23.2 Å². The molecule has 9 heteroatoms. The predicted molar refractivity (Wildman–Crippen MR) is 116 cm³/mol. The Bertz CT molecular complexity index is 1010. The zero-order valence-corrected chi connectivity index (χ0v) is 17.6. The first kappa shape index (κ1) is 21.1. The van der Waals surface area contributed by atoms with Gasteiger partial charge in [-0.25, -0.2) is 9.18 Å². The molecule has 0 spiro atoms. The standard InChI is InChI=1S/C22H22ClFN4O3/c23-18-8-3-15(14-19(18)28-9-1-2-20(28)29)21(30)26-10-12-27(13-11-26)22(31)25-17-6-4-16(24)5-7-17/h3-8,14H,1-2,9-13H2,(H,25,31). The number of carbonyl (C=O) groups is 3. The average molecular weight is 445 g/mol. The minimum absolute atomic E-state index is 0.00674. The Morgan fingerprint density at radius 1 is 0.935 bits per heavy atom. The number of halogens is 2. The maximum absolute atomic E-state index is 13.0. The molecule has 0 atom stereocenters. The molecule has 0 bridgehead atoms. The highest BCUT2D eigenvalue weighted by Gasteiger charge is 2.28. The van der Waals surface area contributed by atoms with Crippen molar-refractivity contribution in [3.05, 3.63) is 58.9 Å². The van der Waals surface area contributed by atoms with Crippen molar-refractivity contribution in [1.82, 2.24) is 9.80 Å². The summed E-state index contributed by atoms with van der Waals surface area (Å²) in [5.74, 6) is -0.528. The molecule has 2 aliphatic heterocycles. The fourth-order valence-electron chi connectivity index (χ4n) is 3.79. The number of rotatable bonds is 3. The third-order valence-corrected chi connectivity index (χ3v) is 5.83. The van der Waals surface area contributed by atoms with E-state index in [4.69, 9.17) is 11.6 Å². The molecule has 1 N–H and O–H groups in total. The topological polar surface area (TPSA) is 73.0 Å². The van der Waals surface area contributed by atoms with Crippen molar-refractivity contribution in [1.29, 1.82) is 0 Å². The Balaban J connectivity index is 1.37. The summed E-state index contributed by atoms with van der Waals surface area (Å²) in [7, 11) is 0. The number of nitrogens with zero attached hydrogens (tertiary/aromatic N) is 3. The molecule has 0 saturated carbocycles. The molecule has 2 saturated heterocycles. The Hall–Kier alpha value is -3.13. The van der Waals surface area contributed by atoms with E-state index in [0.717, 1.165) is 6.42 Å². The second kappa shape index (κ2) is 8.93. The summed E-state index contributed by atoms with van der Waals surface area (Å²) >= 11 is 6.27. The molecule has 4 amide bonds. The van der Waals surface area contributed by atoms with Crippen LogP contribution in [0.3, 0.4) is 0 Å². The van der Waals surface area contributed by atoms with Gasteiger partial charge >= 0.3 is 6.03 Å². The number of piperazine rings is 1. The highest BCUT2D eigenvalue weighted by molar-refractivity contribution is 6.34. The Labute approximate surface area is 184 Å². The normalized spacial score (nSPS) is 16.6. The quantitative estimate of drug-likeness (QED) is 0.786. The van der Waals surface area contributed by atoms with Gasteiger partial charge in [-0.05, 0) is 48.9 Å². The first-order valence-electron chi connectivity index (χ1n) is 10.1. The second-order valence-corrected chi connectivity index (χ2v) is 7.94. The van der Waals surface area contributed by atoms with Gasteiger partial charge in [0.05, 0.1) is 10.7 Å². The molecule has 0 aromatic heterocycles. The van der Waals surface area contributed by atoms with Crippen LogP contribution in [0.5, 0.6) is 0 Å². The van der Waals surface area contributed by atoms with Crippen molar-refractivity contribution >= 4 is 40.8 Å². The fourth-order valence-corrected chi connectivity index (χ4v) is 4.01. The van der Waals surface area contributed by atoms with Gasteiger partial charge in [0, 0.05) is 50.4 Å². The highest BCUT2D eigenvalue weighted by atomic mass is 35.5. The van der Waals surface area contributed by atoms with Crippen molar-refractivity contribution < 1.29 is 18.8 Å². The van der Waals surface area contributed by atoms with Gasteiger partial charge in [0.25, 0.3) is 5.91 Å². The molecule has 0 radical (unpaired) electrons. The minimum Gasteiger partial charge on any atom is -0.335 e. The lowest BCUT2D eigenvalue weighted by molar-refractivity contribution is -0.117. The van der Waals surface area contributed by atoms with Gasteiger partial charge in [-0.1, -0.05) is 11.6 Å². The molecule has 4 rings (SSSR count). The molecule has 2 aromatic rings. The third kappa shape index (κ3) is 4.64. The molecule has 162 valence electrons. The Morgan fingerprint density at radius 2 is 1.61 bits per heavy atom. The molecule has 2 heterocycles. The average Bonchev–Trinajstić information content (AvgIpc) is 3.21. The van der Waals surface area contributed by atoms with Crippen LogP contribution in [0.2, 0.25) is 5.02 Å². The summed E-state index contributed by atoms with van der Waals surface area (Å²) in [6.45, 7) is 2.12. The van der Waals surface area contributed by atoms with Crippen LogP contribution < -0.4 is 10.2 Å². The summed E-state index contributed by atoms with van der Waals surface area (Å²) in [6.07, 6.45) is 1.26. The van der Waals surface area contributed by atoms with E-state index in [2.05, 4.69) is 5.32 Å². The van der Waals surface area contributed by atoms with E-state index < -0.39 is 0 Å². The lowest BCUT2D eigenvalue weighted by Gasteiger charge is -2.35. The number of anilines is 2. The van der Waals surface area contributed by atoms with Gasteiger partial charge in [0.15, 0.2) is 0 Å². The number of hydrogen-bond acceptors (Lipinski definition) is 3. The summed E-state index contributed by atoms with van der Waals surface area (Å²) in [5.41, 5.74) is 1.53. The molecule has 2 fully saturated rings. The van der Waals surface area contributed by atoms with Gasteiger partial charge in [0.1, 0.15) is 5.82 Å². The van der Waals surface area contributed by atoms with Crippen LogP contribution in [0, 0.1) is 5.82 Å². The van der Waals surface area contributed by atoms with Crippen LogP contribution in [0.15, 0.2) is 42.5 Å².